The first kappa shape index (κ1) is 22.6. The second-order valence-electron chi connectivity index (χ2n) is 7.49. The molecule has 0 fully saturated rings. The standard InChI is InChI=1S/C23H25ClN2O5/c1-14(2)23(13-27)12-15(24)9-10-20(23)26-17(11-16(25-26)22(28)31-5)21-18(29-3)7-6-8-19(21)30-4/h6-14,20H,1-5H3. The van der Waals surface area contributed by atoms with Gasteiger partial charge in [-0.2, -0.15) is 5.10 Å². The molecule has 164 valence electrons. The molecule has 0 amide bonds. The Labute approximate surface area is 186 Å². The van der Waals surface area contributed by atoms with Crippen LogP contribution in [0.15, 0.2) is 47.5 Å². The predicted octanol–water partition coefficient (Wildman–Crippen LogP) is 4.43. The third-order valence-corrected chi connectivity index (χ3v) is 5.85. The van der Waals surface area contributed by atoms with Crippen LogP contribution in [-0.2, 0) is 9.53 Å². The highest BCUT2D eigenvalue weighted by Gasteiger charge is 2.43. The predicted molar refractivity (Wildman–Crippen MR) is 118 cm³/mol. The van der Waals surface area contributed by atoms with Gasteiger partial charge in [-0.25, -0.2) is 4.79 Å². The molecule has 1 aliphatic carbocycles. The molecular formula is C23H25ClN2O5. The Kier molecular flexibility index (Phi) is 6.55. The van der Waals surface area contributed by atoms with Crippen molar-refractivity contribution in [2.75, 3.05) is 21.3 Å². The average Bonchev–Trinajstić information content (AvgIpc) is 3.21. The van der Waals surface area contributed by atoms with Crippen LogP contribution in [0.1, 0.15) is 30.4 Å². The van der Waals surface area contributed by atoms with Gasteiger partial charge in [-0.1, -0.05) is 37.6 Å². The molecule has 2 unspecified atom stereocenters. The maximum Gasteiger partial charge on any atom is 0.358 e. The number of nitrogens with zero attached hydrogens (tertiary/aromatic N) is 2. The molecule has 2 atom stereocenters. The minimum absolute atomic E-state index is 0.100. The van der Waals surface area contributed by atoms with E-state index in [4.69, 9.17) is 25.8 Å². The molecule has 1 aromatic heterocycles. The second kappa shape index (κ2) is 8.98. The molecule has 1 heterocycles. The van der Waals surface area contributed by atoms with Gasteiger partial charge in [-0.05, 0) is 36.3 Å². The van der Waals surface area contributed by atoms with E-state index >= 15 is 0 Å². The van der Waals surface area contributed by atoms with Crippen LogP contribution in [-0.4, -0.2) is 43.4 Å². The summed E-state index contributed by atoms with van der Waals surface area (Å²) in [4.78, 5) is 24.8. The van der Waals surface area contributed by atoms with Crippen LogP contribution >= 0.6 is 11.6 Å². The quantitative estimate of drug-likeness (QED) is 0.464. The Morgan fingerprint density at radius 2 is 1.87 bits per heavy atom. The molecule has 2 aromatic rings. The van der Waals surface area contributed by atoms with E-state index in [2.05, 4.69) is 5.10 Å². The minimum atomic E-state index is -0.977. The zero-order valence-electron chi connectivity index (χ0n) is 18.1. The van der Waals surface area contributed by atoms with Crippen molar-refractivity contribution in [2.45, 2.75) is 19.9 Å². The van der Waals surface area contributed by atoms with Crippen molar-refractivity contribution >= 4 is 23.9 Å². The third-order valence-electron chi connectivity index (χ3n) is 5.62. The molecule has 0 saturated carbocycles. The highest BCUT2D eigenvalue weighted by atomic mass is 35.5. The summed E-state index contributed by atoms with van der Waals surface area (Å²) in [5.41, 5.74) is 0.272. The third kappa shape index (κ3) is 3.85. The van der Waals surface area contributed by atoms with Crippen LogP contribution in [0.5, 0.6) is 11.5 Å². The summed E-state index contributed by atoms with van der Waals surface area (Å²) in [7, 11) is 4.39. The number of methoxy groups -OCH3 is 3. The van der Waals surface area contributed by atoms with Crippen molar-refractivity contribution in [3.63, 3.8) is 0 Å². The summed E-state index contributed by atoms with van der Waals surface area (Å²) in [6.07, 6.45) is 6.16. The van der Waals surface area contributed by atoms with Crippen LogP contribution in [0.3, 0.4) is 0 Å². The Morgan fingerprint density at radius 3 is 2.39 bits per heavy atom. The summed E-state index contributed by atoms with van der Waals surface area (Å²) in [5, 5.41) is 5.00. The zero-order valence-corrected chi connectivity index (χ0v) is 18.8. The van der Waals surface area contributed by atoms with Crippen molar-refractivity contribution in [3.05, 3.63) is 53.2 Å². The van der Waals surface area contributed by atoms with Crippen molar-refractivity contribution in [1.82, 2.24) is 9.78 Å². The lowest BCUT2D eigenvalue weighted by Crippen LogP contribution is -2.38. The monoisotopic (exact) mass is 444 g/mol. The first-order valence-corrected chi connectivity index (χ1v) is 10.1. The van der Waals surface area contributed by atoms with Gasteiger partial charge in [-0.3, -0.25) is 4.68 Å². The number of ether oxygens (including phenoxy) is 3. The number of aldehydes is 1. The number of carbonyl (C=O) groups excluding carboxylic acids is 2. The van der Waals surface area contributed by atoms with E-state index in [-0.39, 0.29) is 11.6 Å². The molecule has 7 nitrogen and oxygen atoms in total. The minimum Gasteiger partial charge on any atom is -0.496 e. The van der Waals surface area contributed by atoms with Gasteiger partial charge >= 0.3 is 5.97 Å². The van der Waals surface area contributed by atoms with Crippen molar-refractivity contribution in [1.29, 1.82) is 0 Å². The molecule has 0 saturated heterocycles. The summed E-state index contributed by atoms with van der Waals surface area (Å²) in [6.45, 7) is 3.88. The number of hydrogen-bond acceptors (Lipinski definition) is 6. The highest BCUT2D eigenvalue weighted by molar-refractivity contribution is 6.31. The van der Waals surface area contributed by atoms with Gasteiger partial charge in [0.15, 0.2) is 5.69 Å². The Balaban J connectivity index is 2.35. The molecule has 1 aromatic carbocycles. The summed E-state index contributed by atoms with van der Waals surface area (Å²) < 4.78 is 17.7. The second-order valence-corrected chi connectivity index (χ2v) is 7.93. The highest BCUT2D eigenvalue weighted by Crippen LogP contribution is 2.47. The number of halogens is 1. The average molecular weight is 445 g/mol. The number of carbonyl (C=O) groups is 2. The maximum absolute atomic E-state index is 12.4. The molecule has 8 heteroatoms. The first-order chi connectivity index (χ1) is 14.8. The lowest BCUT2D eigenvalue weighted by molar-refractivity contribution is -0.117. The summed E-state index contributed by atoms with van der Waals surface area (Å²) >= 11 is 6.28. The van der Waals surface area contributed by atoms with Crippen molar-refractivity contribution in [3.8, 4) is 22.8 Å². The number of rotatable bonds is 7. The normalized spacial score (nSPS) is 20.4. The Bertz CT molecular complexity index is 1030. The Hall–Kier alpha value is -3.06. The topological polar surface area (TPSA) is 79.7 Å². The fraction of sp³-hybridized carbons (Fsp3) is 0.348. The van der Waals surface area contributed by atoms with E-state index in [1.54, 1.807) is 55.3 Å². The number of hydrogen-bond donors (Lipinski definition) is 0. The lowest BCUT2D eigenvalue weighted by Gasteiger charge is -2.38. The van der Waals surface area contributed by atoms with E-state index in [0.717, 1.165) is 6.29 Å². The summed E-state index contributed by atoms with van der Waals surface area (Å²) in [5.74, 6) is 0.369. The SMILES string of the molecule is COC(=O)c1cc(-c2c(OC)cccc2OC)n(C2C=CC(Cl)=CC2(C=O)C(C)C)n1. The smallest absolute Gasteiger partial charge is 0.358 e. The lowest BCUT2D eigenvalue weighted by atomic mass is 9.70. The van der Waals surface area contributed by atoms with Gasteiger partial charge in [0, 0.05) is 5.03 Å². The van der Waals surface area contributed by atoms with Crippen LogP contribution in [0.4, 0.5) is 0 Å². The van der Waals surface area contributed by atoms with E-state index in [9.17, 15) is 9.59 Å². The molecule has 1 aliphatic rings. The van der Waals surface area contributed by atoms with Gasteiger partial charge in [-0.15, -0.1) is 0 Å². The molecule has 0 spiro atoms. The van der Waals surface area contributed by atoms with Crippen molar-refractivity contribution < 1.29 is 23.8 Å². The molecule has 3 rings (SSSR count). The summed E-state index contributed by atoms with van der Waals surface area (Å²) in [6, 6.07) is 6.44. The Morgan fingerprint density at radius 1 is 1.23 bits per heavy atom. The number of aromatic nitrogens is 2. The van der Waals surface area contributed by atoms with E-state index in [0.29, 0.717) is 27.8 Å². The zero-order chi connectivity index (χ0) is 22.8. The van der Waals surface area contributed by atoms with Crippen LogP contribution in [0, 0.1) is 11.3 Å². The molecule has 0 N–H and O–H groups in total. The first-order valence-electron chi connectivity index (χ1n) is 9.75. The van der Waals surface area contributed by atoms with Gasteiger partial charge in [0.2, 0.25) is 0 Å². The van der Waals surface area contributed by atoms with Gasteiger partial charge in [0.05, 0.1) is 44.0 Å². The molecule has 31 heavy (non-hydrogen) atoms. The van der Waals surface area contributed by atoms with Crippen LogP contribution in [0.25, 0.3) is 11.3 Å². The molecule has 0 radical (unpaired) electrons. The van der Waals surface area contributed by atoms with Gasteiger partial charge in [0.1, 0.15) is 17.8 Å². The maximum atomic E-state index is 12.4. The molecule has 0 bridgehead atoms. The van der Waals surface area contributed by atoms with Gasteiger partial charge in [0.25, 0.3) is 0 Å². The number of benzene rings is 1. The van der Waals surface area contributed by atoms with Crippen LogP contribution in [0.2, 0.25) is 0 Å². The fourth-order valence-electron chi connectivity index (χ4n) is 3.86. The van der Waals surface area contributed by atoms with Crippen molar-refractivity contribution in [2.24, 2.45) is 11.3 Å². The van der Waals surface area contributed by atoms with E-state index in [1.807, 2.05) is 19.9 Å². The van der Waals surface area contributed by atoms with Crippen LogP contribution < -0.4 is 9.47 Å². The van der Waals surface area contributed by atoms with E-state index < -0.39 is 17.4 Å². The van der Waals surface area contributed by atoms with E-state index in [1.165, 1.54) is 7.11 Å². The van der Waals surface area contributed by atoms with Gasteiger partial charge < -0.3 is 19.0 Å². The number of esters is 1. The molecular weight excluding hydrogens is 420 g/mol. The number of allylic oxidation sites excluding steroid dienone is 4. The fourth-order valence-corrected chi connectivity index (χ4v) is 4.13. The largest absolute Gasteiger partial charge is 0.496 e. The molecule has 0 aliphatic heterocycles.